The summed E-state index contributed by atoms with van der Waals surface area (Å²) in [5.41, 5.74) is 8.58. The molecule has 1 fully saturated rings. The van der Waals surface area contributed by atoms with Crippen LogP contribution in [0.4, 0.5) is 5.69 Å². The van der Waals surface area contributed by atoms with E-state index in [0.29, 0.717) is 11.8 Å². The Morgan fingerprint density at radius 3 is 1.68 bits per heavy atom. The van der Waals surface area contributed by atoms with Gasteiger partial charge in [-0.3, -0.25) is 9.80 Å². The second kappa shape index (κ2) is 14.1. The summed E-state index contributed by atoms with van der Waals surface area (Å²) in [4.78, 5) is 9.63. The number of anilines is 1. The molecule has 0 bridgehead atoms. The molecule has 0 radical (unpaired) electrons. The molecule has 0 unspecified atom stereocenters. The number of hydrogen-bond donors (Lipinski definition) is 0. The molecule has 0 aliphatic carbocycles. The van der Waals surface area contributed by atoms with E-state index in [9.17, 15) is 5.26 Å². The normalized spacial score (nSPS) is 14.8. The summed E-state index contributed by atoms with van der Waals surface area (Å²) in [7, 11) is 6.34. The molecule has 5 nitrogen and oxygen atoms in total. The van der Waals surface area contributed by atoms with Crippen molar-refractivity contribution >= 4 is 5.69 Å². The molecular weight excluding hydrogens is 502 g/mol. The zero-order chi connectivity index (χ0) is 29.5. The van der Waals surface area contributed by atoms with Gasteiger partial charge in [0.1, 0.15) is 0 Å². The van der Waals surface area contributed by atoms with E-state index in [1.807, 2.05) is 6.07 Å². The maximum Gasteiger partial charge on any atom is 0.0995 e. The molecule has 218 valence electrons. The highest BCUT2D eigenvalue weighted by Gasteiger charge is 2.27. The molecule has 0 aromatic heterocycles. The van der Waals surface area contributed by atoms with Crippen LogP contribution in [0.25, 0.3) is 0 Å². The van der Waals surface area contributed by atoms with Gasteiger partial charge < -0.3 is 9.80 Å². The molecule has 1 aliphatic rings. The summed E-state index contributed by atoms with van der Waals surface area (Å²) in [6.07, 6.45) is 0. The van der Waals surface area contributed by atoms with E-state index in [1.54, 1.807) is 0 Å². The first-order chi connectivity index (χ1) is 19.7. The highest BCUT2D eigenvalue weighted by Crippen LogP contribution is 2.32. The van der Waals surface area contributed by atoms with Crippen molar-refractivity contribution in [3.05, 3.63) is 100 Å². The van der Waals surface area contributed by atoms with Crippen LogP contribution in [0.1, 0.15) is 79.0 Å². The van der Waals surface area contributed by atoms with Gasteiger partial charge in [-0.15, -0.1) is 0 Å². The Kier molecular flexibility index (Phi) is 10.6. The monoisotopic (exact) mass is 551 g/mol. The molecule has 1 saturated heterocycles. The van der Waals surface area contributed by atoms with E-state index in [-0.39, 0.29) is 6.04 Å². The lowest BCUT2D eigenvalue weighted by Crippen LogP contribution is -2.47. The van der Waals surface area contributed by atoms with Crippen LogP contribution in [0.5, 0.6) is 0 Å². The lowest BCUT2D eigenvalue weighted by molar-refractivity contribution is 0.105. The van der Waals surface area contributed by atoms with Crippen molar-refractivity contribution in [2.45, 2.75) is 52.1 Å². The fourth-order valence-corrected chi connectivity index (χ4v) is 5.70. The van der Waals surface area contributed by atoms with Crippen LogP contribution in [0.15, 0.2) is 66.7 Å². The van der Waals surface area contributed by atoms with Gasteiger partial charge in [-0.2, -0.15) is 5.26 Å². The first-order valence-corrected chi connectivity index (χ1v) is 15.2. The molecule has 3 aromatic carbocycles. The van der Waals surface area contributed by atoms with Crippen LogP contribution in [0.2, 0.25) is 0 Å². The van der Waals surface area contributed by atoms with Gasteiger partial charge in [0.2, 0.25) is 0 Å². The van der Waals surface area contributed by atoms with Crippen molar-refractivity contribution in [2.24, 2.45) is 0 Å². The largest absolute Gasteiger partial charge is 0.373 e. The van der Waals surface area contributed by atoms with Crippen molar-refractivity contribution in [1.29, 1.82) is 5.26 Å². The zero-order valence-corrected chi connectivity index (χ0v) is 26.3. The summed E-state index contributed by atoms with van der Waals surface area (Å²) < 4.78 is 0. The van der Waals surface area contributed by atoms with Gasteiger partial charge in [0.05, 0.1) is 17.7 Å². The Morgan fingerprint density at radius 2 is 1.22 bits per heavy atom. The van der Waals surface area contributed by atoms with Crippen molar-refractivity contribution in [3.8, 4) is 6.07 Å². The first-order valence-electron chi connectivity index (χ1n) is 15.2. The maximum absolute atomic E-state index is 9.83. The second-order valence-corrected chi connectivity index (χ2v) is 12.5. The molecule has 3 aromatic rings. The van der Waals surface area contributed by atoms with Crippen molar-refractivity contribution in [1.82, 2.24) is 14.7 Å². The summed E-state index contributed by atoms with van der Waals surface area (Å²) in [6.45, 7) is 15.7. The van der Waals surface area contributed by atoms with E-state index in [0.717, 1.165) is 56.9 Å². The van der Waals surface area contributed by atoms with Gasteiger partial charge in [-0.25, -0.2) is 0 Å². The minimum Gasteiger partial charge on any atom is -0.373 e. The van der Waals surface area contributed by atoms with E-state index in [2.05, 4.69) is 135 Å². The Morgan fingerprint density at radius 1 is 0.707 bits per heavy atom. The summed E-state index contributed by atoms with van der Waals surface area (Å²) in [5, 5.41) is 9.83. The number of nitrogens with zero attached hydrogens (tertiary/aromatic N) is 5. The van der Waals surface area contributed by atoms with E-state index < -0.39 is 0 Å². The average Bonchev–Trinajstić information content (AvgIpc) is 2.97. The fraction of sp³-hybridized carbons (Fsp3) is 0.472. The van der Waals surface area contributed by atoms with E-state index in [4.69, 9.17) is 0 Å². The van der Waals surface area contributed by atoms with Gasteiger partial charge in [-0.05, 0) is 71.9 Å². The molecule has 0 atom stereocenters. The highest BCUT2D eigenvalue weighted by molar-refractivity contribution is 5.53. The Bertz CT molecular complexity index is 1230. The van der Waals surface area contributed by atoms with Crippen molar-refractivity contribution in [2.75, 3.05) is 65.3 Å². The molecule has 1 heterocycles. The van der Waals surface area contributed by atoms with Crippen LogP contribution in [-0.4, -0.2) is 75.1 Å². The lowest BCUT2D eigenvalue weighted by atomic mass is 9.92. The molecule has 5 heteroatoms. The molecule has 0 spiro atoms. The smallest absolute Gasteiger partial charge is 0.0995 e. The lowest BCUT2D eigenvalue weighted by Gasteiger charge is -2.40. The number of nitriles is 1. The van der Waals surface area contributed by atoms with E-state index >= 15 is 0 Å². The molecular formula is C36H49N5. The summed E-state index contributed by atoms with van der Waals surface area (Å²) >= 11 is 0. The molecule has 41 heavy (non-hydrogen) atoms. The molecule has 1 aliphatic heterocycles. The number of benzene rings is 3. The molecule has 0 saturated carbocycles. The molecule has 0 amide bonds. The summed E-state index contributed by atoms with van der Waals surface area (Å²) in [6, 6.07) is 27.5. The third-order valence-corrected chi connectivity index (χ3v) is 8.54. The molecule has 0 N–H and O–H groups in total. The van der Waals surface area contributed by atoms with Gasteiger partial charge in [-0.1, -0.05) is 76.2 Å². The first kappa shape index (κ1) is 30.8. The SMILES string of the molecule is CC(C)c1ccc(C(c2ccc(C(C)C)cc2)N2CCN(Cc3cc(N(C)CCN(C)C)ccc3C#N)CC2)cc1. The minimum absolute atomic E-state index is 0.239. The Hall–Kier alpha value is -3.17. The zero-order valence-electron chi connectivity index (χ0n) is 26.3. The van der Waals surface area contributed by atoms with Crippen LogP contribution >= 0.6 is 0 Å². The van der Waals surface area contributed by atoms with E-state index in [1.165, 1.54) is 27.9 Å². The number of rotatable bonds is 11. The van der Waals surface area contributed by atoms with Gasteiger partial charge in [0.25, 0.3) is 0 Å². The fourth-order valence-electron chi connectivity index (χ4n) is 5.70. The van der Waals surface area contributed by atoms with Crippen LogP contribution in [0.3, 0.4) is 0 Å². The highest BCUT2D eigenvalue weighted by atomic mass is 15.3. The number of hydrogen-bond acceptors (Lipinski definition) is 5. The van der Waals surface area contributed by atoms with Gasteiger partial charge in [0.15, 0.2) is 0 Å². The van der Waals surface area contributed by atoms with Crippen LogP contribution in [-0.2, 0) is 6.54 Å². The molecule has 4 rings (SSSR count). The number of likely N-dealkylation sites (N-methyl/N-ethyl adjacent to an activating group) is 2. The summed E-state index contributed by atoms with van der Waals surface area (Å²) in [5.74, 6) is 1.06. The maximum atomic E-state index is 9.83. The van der Waals surface area contributed by atoms with Gasteiger partial charge >= 0.3 is 0 Å². The topological polar surface area (TPSA) is 36.8 Å². The predicted molar refractivity (Wildman–Crippen MR) is 173 cm³/mol. The second-order valence-electron chi connectivity index (χ2n) is 12.5. The quantitative estimate of drug-likeness (QED) is 0.265. The Balaban J connectivity index is 1.50. The number of piperazine rings is 1. The van der Waals surface area contributed by atoms with Crippen LogP contribution < -0.4 is 4.90 Å². The standard InChI is InChI=1S/C36H49N5/c1-27(2)29-8-12-31(13-9-29)36(32-14-10-30(11-15-32)28(3)4)41-22-20-40(21-23-41)26-34-24-35(17-16-33(34)25-37)39(7)19-18-38(5)6/h8-17,24,27-28,36H,18-23,26H2,1-7H3. The predicted octanol–water partition coefficient (Wildman–Crippen LogP) is 6.71. The van der Waals surface area contributed by atoms with Crippen molar-refractivity contribution in [3.63, 3.8) is 0 Å². The average molecular weight is 552 g/mol. The van der Waals surface area contributed by atoms with Crippen LogP contribution in [0, 0.1) is 11.3 Å². The Labute approximate surface area is 249 Å². The third kappa shape index (κ3) is 7.98. The van der Waals surface area contributed by atoms with Crippen molar-refractivity contribution < 1.29 is 0 Å². The van der Waals surface area contributed by atoms with Gasteiger partial charge in [0, 0.05) is 58.5 Å². The third-order valence-electron chi connectivity index (χ3n) is 8.54. The minimum atomic E-state index is 0.239.